The number of thiophene rings is 1. The third kappa shape index (κ3) is 2.82. The van der Waals surface area contributed by atoms with Crippen LogP contribution >= 0.6 is 23.1 Å². The number of nitrogens with two attached hydrogens (primary N) is 1. The fourth-order valence-corrected chi connectivity index (χ4v) is 5.56. The van der Waals surface area contributed by atoms with E-state index in [1.807, 2.05) is 23.6 Å². The number of rotatable bonds is 4. The molecule has 3 heterocycles. The van der Waals surface area contributed by atoms with E-state index in [-0.39, 0.29) is 5.70 Å². The van der Waals surface area contributed by atoms with Gasteiger partial charge in [0.05, 0.1) is 0 Å². The van der Waals surface area contributed by atoms with Crippen LogP contribution in [0, 0.1) is 0 Å². The van der Waals surface area contributed by atoms with Crippen LogP contribution in [0.15, 0.2) is 40.9 Å². The van der Waals surface area contributed by atoms with Gasteiger partial charge in [0.25, 0.3) is 5.91 Å². The van der Waals surface area contributed by atoms with E-state index in [1.165, 1.54) is 16.7 Å². The molecule has 1 aromatic heterocycles. The van der Waals surface area contributed by atoms with Crippen molar-refractivity contribution in [2.24, 2.45) is 5.73 Å². The summed E-state index contributed by atoms with van der Waals surface area (Å²) in [7, 11) is 0. The number of carbonyl (C=O) groups excluding carboxylic acids is 2. The van der Waals surface area contributed by atoms with Crippen molar-refractivity contribution < 1.29 is 19.5 Å². The van der Waals surface area contributed by atoms with Gasteiger partial charge in [-0.25, -0.2) is 4.79 Å². The topological polar surface area (TPSA) is 113 Å². The molecular formula is C18H17N3O4S2. The van der Waals surface area contributed by atoms with Crippen LogP contribution in [0.5, 0.6) is 0 Å². The number of fused-ring (bicyclic) bond motifs is 2. The van der Waals surface area contributed by atoms with Gasteiger partial charge in [0.15, 0.2) is 0 Å². The van der Waals surface area contributed by atoms with Crippen LogP contribution in [0.4, 0.5) is 0 Å². The first-order valence-electron chi connectivity index (χ1n) is 8.30. The molecule has 0 radical (unpaired) electrons. The zero-order valence-electron chi connectivity index (χ0n) is 14.3. The van der Waals surface area contributed by atoms with Gasteiger partial charge in [0.1, 0.15) is 23.2 Å². The van der Waals surface area contributed by atoms with Crippen molar-refractivity contribution in [3.8, 4) is 0 Å². The van der Waals surface area contributed by atoms with Crippen molar-refractivity contribution in [3.05, 3.63) is 46.5 Å². The second kappa shape index (κ2) is 6.66. The maximum Gasteiger partial charge on any atom is 0.352 e. The minimum absolute atomic E-state index is 0.0154. The number of carboxylic acids is 1. The number of carbonyl (C=O) groups is 3. The Morgan fingerprint density at radius 1 is 1.37 bits per heavy atom. The molecule has 2 amide bonds. The molecule has 1 fully saturated rings. The van der Waals surface area contributed by atoms with Crippen molar-refractivity contribution in [2.75, 3.05) is 5.75 Å². The van der Waals surface area contributed by atoms with Gasteiger partial charge in [-0.2, -0.15) is 0 Å². The second-order valence-corrected chi connectivity index (χ2v) is 8.54. The average molecular weight is 403 g/mol. The molecule has 1 saturated heterocycles. The number of amides is 2. The Morgan fingerprint density at radius 2 is 2.15 bits per heavy atom. The zero-order chi connectivity index (χ0) is 19.3. The standard InChI is InChI=1S/C18H17N3O4S2/c1-8-7-27-17-13(16(23)21(17)14(8)18(24)25)20-15(22)12(19)10-3-2-4-11-9(10)5-6-26-11/h2-6,12-13,17H,7,19H2,1H3,(H,20,22)(H,24,25)/t12?,13-,17-/m1/s1. The molecule has 1 aromatic carbocycles. The summed E-state index contributed by atoms with van der Waals surface area (Å²) in [4.78, 5) is 37.9. The number of hydrogen-bond acceptors (Lipinski definition) is 6. The smallest absolute Gasteiger partial charge is 0.352 e. The summed E-state index contributed by atoms with van der Waals surface area (Å²) in [5, 5.41) is 14.5. The SMILES string of the molecule is CC1=C(C(=O)O)N2C(=O)[C@@H](NC(=O)C(N)c3cccc4sccc34)[C@H]2SC1. The monoisotopic (exact) mass is 403 g/mol. The normalized spacial score (nSPS) is 23.0. The Morgan fingerprint density at radius 3 is 2.89 bits per heavy atom. The number of β-lactam (4-membered cyclic amide) rings is 1. The number of carboxylic acid groups (broad SMARTS) is 1. The van der Waals surface area contributed by atoms with E-state index >= 15 is 0 Å². The molecule has 4 rings (SSSR count). The van der Waals surface area contributed by atoms with Gasteiger partial charge in [0, 0.05) is 10.5 Å². The van der Waals surface area contributed by atoms with E-state index < -0.39 is 35.2 Å². The Labute approximate surface area is 163 Å². The first-order valence-corrected chi connectivity index (χ1v) is 10.2. The van der Waals surface area contributed by atoms with Gasteiger partial charge in [-0.05, 0) is 41.0 Å². The Kier molecular flexibility index (Phi) is 4.45. The lowest BCUT2D eigenvalue weighted by atomic mass is 10.00. The van der Waals surface area contributed by atoms with Crippen molar-refractivity contribution in [2.45, 2.75) is 24.4 Å². The van der Waals surface area contributed by atoms with Gasteiger partial charge in [-0.15, -0.1) is 23.1 Å². The highest BCUT2D eigenvalue weighted by molar-refractivity contribution is 8.00. The molecule has 0 saturated carbocycles. The third-order valence-electron chi connectivity index (χ3n) is 4.81. The van der Waals surface area contributed by atoms with Crippen LogP contribution in [-0.4, -0.2) is 45.0 Å². The summed E-state index contributed by atoms with van der Waals surface area (Å²) in [6.45, 7) is 1.70. The van der Waals surface area contributed by atoms with Gasteiger partial charge in [-0.1, -0.05) is 12.1 Å². The van der Waals surface area contributed by atoms with Crippen molar-refractivity contribution in [1.82, 2.24) is 10.2 Å². The van der Waals surface area contributed by atoms with Gasteiger partial charge >= 0.3 is 5.97 Å². The Balaban J connectivity index is 1.52. The Hall–Kier alpha value is -2.36. The summed E-state index contributed by atoms with van der Waals surface area (Å²) in [5.74, 6) is -1.49. The van der Waals surface area contributed by atoms with Crippen LogP contribution in [-0.2, 0) is 14.4 Å². The molecular weight excluding hydrogens is 386 g/mol. The molecule has 2 aliphatic rings. The molecule has 4 N–H and O–H groups in total. The number of thioether (sulfide) groups is 1. The fraction of sp³-hybridized carbons (Fsp3) is 0.278. The number of aliphatic carboxylic acids is 1. The summed E-state index contributed by atoms with van der Waals surface area (Å²) >= 11 is 3.00. The summed E-state index contributed by atoms with van der Waals surface area (Å²) in [5.41, 5.74) is 7.52. The van der Waals surface area contributed by atoms with Gasteiger partial charge < -0.3 is 16.2 Å². The van der Waals surface area contributed by atoms with E-state index in [9.17, 15) is 19.5 Å². The first-order chi connectivity index (χ1) is 12.9. The molecule has 9 heteroatoms. The third-order valence-corrected chi connectivity index (χ3v) is 7.11. The fourth-order valence-electron chi connectivity index (χ4n) is 3.45. The van der Waals surface area contributed by atoms with Gasteiger partial charge in [0.2, 0.25) is 5.91 Å². The lowest BCUT2D eigenvalue weighted by Gasteiger charge is -2.49. The van der Waals surface area contributed by atoms with E-state index in [0.29, 0.717) is 16.9 Å². The highest BCUT2D eigenvalue weighted by Gasteiger charge is 2.53. The maximum atomic E-state index is 12.7. The molecule has 3 atom stereocenters. The van der Waals surface area contributed by atoms with Gasteiger partial charge in [-0.3, -0.25) is 14.5 Å². The summed E-state index contributed by atoms with van der Waals surface area (Å²) < 4.78 is 1.04. The molecule has 2 aliphatic heterocycles. The van der Waals surface area contributed by atoms with Crippen molar-refractivity contribution in [3.63, 3.8) is 0 Å². The predicted molar refractivity (Wildman–Crippen MR) is 104 cm³/mol. The van der Waals surface area contributed by atoms with Crippen LogP contribution < -0.4 is 11.1 Å². The summed E-state index contributed by atoms with van der Waals surface area (Å²) in [6, 6.07) is 5.86. The quantitative estimate of drug-likeness (QED) is 0.669. The van der Waals surface area contributed by atoms with E-state index in [0.717, 1.165) is 10.1 Å². The lowest BCUT2D eigenvalue weighted by molar-refractivity contribution is -0.150. The number of benzene rings is 1. The van der Waals surface area contributed by atoms with E-state index in [1.54, 1.807) is 24.3 Å². The minimum atomic E-state index is -1.13. The van der Waals surface area contributed by atoms with Crippen LogP contribution in [0.25, 0.3) is 10.1 Å². The van der Waals surface area contributed by atoms with Crippen molar-refractivity contribution >= 4 is 51.0 Å². The molecule has 0 bridgehead atoms. The van der Waals surface area contributed by atoms with Crippen LogP contribution in [0.1, 0.15) is 18.5 Å². The highest BCUT2D eigenvalue weighted by atomic mass is 32.2. The molecule has 7 nitrogen and oxygen atoms in total. The molecule has 27 heavy (non-hydrogen) atoms. The van der Waals surface area contributed by atoms with Crippen LogP contribution in [0.3, 0.4) is 0 Å². The predicted octanol–water partition coefficient (Wildman–Crippen LogP) is 1.66. The second-order valence-electron chi connectivity index (χ2n) is 6.49. The first kappa shape index (κ1) is 18.0. The molecule has 2 aromatic rings. The lowest BCUT2D eigenvalue weighted by Crippen LogP contribution is -2.71. The largest absolute Gasteiger partial charge is 0.477 e. The average Bonchev–Trinajstić information content (AvgIpc) is 3.13. The molecule has 140 valence electrons. The Bertz CT molecular complexity index is 999. The maximum absolute atomic E-state index is 12.7. The van der Waals surface area contributed by atoms with Crippen LogP contribution in [0.2, 0.25) is 0 Å². The van der Waals surface area contributed by atoms with E-state index in [2.05, 4.69) is 5.32 Å². The minimum Gasteiger partial charge on any atom is -0.477 e. The molecule has 0 aliphatic carbocycles. The molecule has 0 spiro atoms. The van der Waals surface area contributed by atoms with Crippen molar-refractivity contribution in [1.29, 1.82) is 0 Å². The number of nitrogens with one attached hydrogen (secondary N) is 1. The zero-order valence-corrected chi connectivity index (χ0v) is 16.0. The highest BCUT2D eigenvalue weighted by Crippen LogP contribution is 2.40. The molecule has 1 unspecified atom stereocenters. The number of nitrogens with zero attached hydrogens (tertiary/aromatic N) is 1. The van der Waals surface area contributed by atoms with E-state index in [4.69, 9.17) is 5.73 Å². The summed E-state index contributed by atoms with van der Waals surface area (Å²) in [6.07, 6.45) is 0. The number of hydrogen-bond donors (Lipinski definition) is 3.